The standard InChI is InChI=1S/C16H20N2O/c1-13-5-7-16(8-6-13)19-12-14(2)18-11-15-4-3-9-17-10-15/h3-10,14,18H,11-12H2,1-2H3. The second kappa shape index (κ2) is 6.90. The molecular formula is C16H20N2O. The Morgan fingerprint density at radius 2 is 2.00 bits per heavy atom. The summed E-state index contributed by atoms with van der Waals surface area (Å²) in [6.45, 7) is 5.65. The van der Waals surface area contributed by atoms with Crippen molar-refractivity contribution in [2.45, 2.75) is 26.4 Å². The summed E-state index contributed by atoms with van der Waals surface area (Å²) < 4.78 is 5.73. The van der Waals surface area contributed by atoms with Crippen LogP contribution in [0, 0.1) is 6.92 Å². The first-order chi connectivity index (χ1) is 9.24. The molecule has 0 bridgehead atoms. The minimum absolute atomic E-state index is 0.293. The van der Waals surface area contributed by atoms with Crippen LogP contribution in [0.3, 0.4) is 0 Å². The summed E-state index contributed by atoms with van der Waals surface area (Å²) in [6, 6.07) is 12.4. The van der Waals surface area contributed by atoms with Crippen molar-refractivity contribution in [3.8, 4) is 5.75 Å². The Hall–Kier alpha value is -1.87. The minimum Gasteiger partial charge on any atom is -0.492 e. The molecule has 2 rings (SSSR count). The van der Waals surface area contributed by atoms with Gasteiger partial charge in [0.2, 0.25) is 0 Å². The number of nitrogens with zero attached hydrogens (tertiary/aromatic N) is 1. The predicted octanol–water partition coefficient (Wildman–Crippen LogP) is 2.95. The molecule has 1 unspecified atom stereocenters. The van der Waals surface area contributed by atoms with E-state index in [9.17, 15) is 0 Å². The first kappa shape index (κ1) is 13.6. The van der Waals surface area contributed by atoms with Crippen LogP contribution in [0.2, 0.25) is 0 Å². The van der Waals surface area contributed by atoms with Gasteiger partial charge in [0, 0.05) is 25.0 Å². The molecule has 0 radical (unpaired) electrons. The van der Waals surface area contributed by atoms with Gasteiger partial charge in [0.1, 0.15) is 12.4 Å². The van der Waals surface area contributed by atoms with Crippen LogP contribution in [0.4, 0.5) is 0 Å². The lowest BCUT2D eigenvalue weighted by Gasteiger charge is -2.15. The first-order valence-electron chi connectivity index (χ1n) is 6.56. The van der Waals surface area contributed by atoms with E-state index in [-0.39, 0.29) is 0 Å². The van der Waals surface area contributed by atoms with E-state index in [1.807, 2.05) is 24.4 Å². The van der Waals surface area contributed by atoms with Gasteiger partial charge in [-0.05, 0) is 37.6 Å². The predicted molar refractivity (Wildman–Crippen MR) is 77.2 cm³/mol. The molecule has 0 aliphatic carbocycles. The second-order valence-electron chi connectivity index (χ2n) is 4.77. The van der Waals surface area contributed by atoms with Crippen molar-refractivity contribution in [3.63, 3.8) is 0 Å². The Balaban J connectivity index is 1.72. The van der Waals surface area contributed by atoms with Gasteiger partial charge in [-0.2, -0.15) is 0 Å². The summed E-state index contributed by atoms with van der Waals surface area (Å²) in [4.78, 5) is 4.09. The fourth-order valence-electron chi connectivity index (χ4n) is 1.71. The summed E-state index contributed by atoms with van der Waals surface area (Å²) in [5.41, 5.74) is 2.43. The van der Waals surface area contributed by atoms with Crippen molar-refractivity contribution in [3.05, 3.63) is 59.9 Å². The molecule has 1 aromatic heterocycles. The van der Waals surface area contributed by atoms with Gasteiger partial charge < -0.3 is 10.1 Å². The van der Waals surface area contributed by atoms with Crippen LogP contribution in [-0.4, -0.2) is 17.6 Å². The second-order valence-corrected chi connectivity index (χ2v) is 4.77. The Morgan fingerprint density at radius 3 is 2.68 bits per heavy atom. The number of nitrogens with one attached hydrogen (secondary N) is 1. The monoisotopic (exact) mass is 256 g/mol. The number of hydrogen-bond acceptors (Lipinski definition) is 3. The first-order valence-corrected chi connectivity index (χ1v) is 6.56. The van der Waals surface area contributed by atoms with Gasteiger partial charge in [-0.15, -0.1) is 0 Å². The van der Waals surface area contributed by atoms with Gasteiger partial charge in [-0.25, -0.2) is 0 Å². The third kappa shape index (κ3) is 4.72. The van der Waals surface area contributed by atoms with E-state index in [1.54, 1.807) is 6.20 Å². The van der Waals surface area contributed by atoms with Crippen LogP contribution < -0.4 is 10.1 Å². The minimum atomic E-state index is 0.293. The van der Waals surface area contributed by atoms with E-state index in [0.29, 0.717) is 12.6 Å². The Morgan fingerprint density at radius 1 is 1.21 bits per heavy atom. The lowest BCUT2D eigenvalue weighted by atomic mass is 10.2. The lowest BCUT2D eigenvalue weighted by molar-refractivity contribution is 0.272. The molecule has 0 fully saturated rings. The average Bonchev–Trinajstić information content (AvgIpc) is 2.45. The maximum absolute atomic E-state index is 5.73. The zero-order valence-corrected chi connectivity index (χ0v) is 11.5. The molecule has 1 aromatic carbocycles. The molecule has 0 aliphatic heterocycles. The Labute approximate surface area is 114 Å². The summed E-state index contributed by atoms with van der Waals surface area (Å²) >= 11 is 0. The van der Waals surface area contributed by atoms with Gasteiger partial charge >= 0.3 is 0 Å². The number of aryl methyl sites for hydroxylation is 1. The topological polar surface area (TPSA) is 34.1 Å². The van der Waals surface area contributed by atoms with Crippen LogP contribution in [0.25, 0.3) is 0 Å². The van der Waals surface area contributed by atoms with Crippen molar-refractivity contribution in [2.24, 2.45) is 0 Å². The van der Waals surface area contributed by atoms with Crippen LogP contribution in [0.5, 0.6) is 5.75 Å². The van der Waals surface area contributed by atoms with Crippen molar-refractivity contribution in [2.75, 3.05) is 6.61 Å². The van der Waals surface area contributed by atoms with Crippen molar-refractivity contribution >= 4 is 0 Å². The zero-order chi connectivity index (χ0) is 13.5. The van der Waals surface area contributed by atoms with Gasteiger partial charge in [-0.1, -0.05) is 23.8 Å². The molecule has 19 heavy (non-hydrogen) atoms. The fourth-order valence-corrected chi connectivity index (χ4v) is 1.71. The van der Waals surface area contributed by atoms with E-state index >= 15 is 0 Å². The van der Waals surface area contributed by atoms with E-state index in [1.165, 1.54) is 11.1 Å². The lowest BCUT2D eigenvalue weighted by Crippen LogP contribution is -2.31. The van der Waals surface area contributed by atoms with E-state index in [0.717, 1.165) is 12.3 Å². The molecular weight excluding hydrogens is 236 g/mol. The smallest absolute Gasteiger partial charge is 0.119 e. The van der Waals surface area contributed by atoms with Crippen molar-refractivity contribution in [1.82, 2.24) is 10.3 Å². The molecule has 1 N–H and O–H groups in total. The third-order valence-corrected chi connectivity index (χ3v) is 2.90. The molecule has 0 amide bonds. The molecule has 0 saturated heterocycles. The van der Waals surface area contributed by atoms with E-state index in [4.69, 9.17) is 4.74 Å². The third-order valence-electron chi connectivity index (χ3n) is 2.90. The zero-order valence-electron chi connectivity index (χ0n) is 11.5. The highest BCUT2D eigenvalue weighted by molar-refractivity contribution is 5.26. The van der Waals surface area contributed by atoms with Crippen molar-refractivity contribution < 1.29 is 4.74 Å². The summed E-state index contributed by atoms with van der Waals surface area (Å²) in [6.07, 6.45) is 3.66. The van der Waals surface area contributed by atoms with Crippen LogP contribution in [0.15, 0.2) is 48.8 Å². The molecule has 0 saturated carbocycles. The van der Waals surface area contributed by atoms with Gasteiger partial charge in [-0.3, -0.25) is 4.98 Å². The molecule has 0 aliphatic rings. The SMILES string of the molecule is Cc1ccc(OCC(C)NCc2cccnc2)cc1. The molecule has 1 heterocycles. The number of pyridine rings is 1. The fraction of sp³-hybridized carbons (Fsp3) is 0.312. The Kier molecular flexibility index (Phi) is 4.93. The van der Waals surface area contributed by atoms with Crippen LogP contribution in [0.1, 0.15) is 18.1 Å². The highest BCUT2D eigenvalue weighted by Crippen LogP contribution is 2.11. The van der Waals surface area contributed by atoms with E-state index in [2.05, 4.69) is 42.3 Å². The molecule has 3 nitrogen and oxygen atoms in total. The summed E-state index contributed by atoms with van der Waals surface area (Å²) in [7, 11) is 0. The molecule has 1 atom stereocenters. The summed E-state index contributed by atoms with van der Waals surface area (Å²) in [5.74, 6) is 0.917. The van der Waals surface area contributed by atoms with Gasteiger partial charge in [0.15, 0.2) is 0 Å². The van der Waals surface area contributed by atoms with Crippen LogP contribution >= 0.6 is 0 Å². The molecule has 100 valence electrons. The highest BCUT2D eigenvalue weighted by Gasteiger charge is 2.02. The average molecular weight is 256 g/mol. The molecule has 0 spiro atoms. The number of aromatic nitrogens is 1. The maximum Gasteiger partial charge on any atom is 0.119 e. The number of benzene rings is 1. The summed E-state index contributed by atoms with van der Waals surface area (Å²) in [5, 5.41) is 3.42. The largest absolute Gasteiger partial charge is 0.492 e. The van der Waals surface area contributed by atoms with Crippen LogP contribution in [-0.2, 0) is 6.54 Å². The Bertz CT molecular complexity index is 482. The normalized spacial score (nSPS) is 12.1. The number of ether oxygens (including phenoxy) is 1. The van der Waals surface area contributed by atoms with Gasteiger partial charge in [0.25, 0.3) is 0 Å². The number of hydrogen-bond donors (Lipinski definition) is 1. The van der Waals surface area contributed by atoms with Crippen molar-refractivity contribution in [1.29, 1.82) is 0 Å². The van der Waals surface area contributed by atoms with E-state index < -0.39 is 0 Å². The molecule has 3 heteroatoms. The highest BCUT2D eigenvalue weighted by atomic mass is 16.5. The maximum atomic E-state index is 5.73. The molecule has 2 aromatic rings. The quantitative estimate of drug-likeness (QED) is 0.863. The van der Waals surface area contributed by atoms with Gasteiger partial charge in [0.05, 0.1) is 0 Å². The number of rotatable bonds is 6.